The normalized spacial score (nSPS) is 21.1. The second-order valence-corrected chi connectivity index (χ2v) is 7.20. The van der Waals surface area contributed by atoms with E-state index in [2.05, 4.69) is 6.92 Å². The zero-order chi connectivity index (χ0) is 16.6. The smallest absolute Gasteiger partial charge is 0.0810 e. The van der Waals surface area contributed by atoms with E-state index < -0.39 is 0 Å². The van der Waals surface area contributed by atoms with Crippen molar-refractivity contribution in [1.29, 1.82) is 0 Å². The van der Waals surface area contributed by atoms with Crippen LogP contribution in [0, 0.1) is 5.92 Å². The van der Waals surface area contributed by atoms with Gasteiger partial charge < -0.3 is 14.6 Å². The van der Waals surface area contributed by atoms with Crippen LogP contribution < -0.4 is 0 Å². The van der Waals surface area contributed by atoms with Crippen LogP contribution in [0.15, 0.2) is 0 Å². The van der Waals surface area contributed by atoms with E-state index in [0.717, 1.165) is 26.2 Å². The molecule has 0 aromatic carbocycles. The Balaban J connectivity index is 1.70. The summed E-state index contributed by atoms with van der Waals surface area (Å²) in [6, 6.07) is 0. The molecule has 2 atom stereocenters. The number of unbranched alkanes of at least 4 members (excludes halogenated alkanes) is 11. The van der Waals surface area contributed by atoms with Gasteiger partial charge in [-0.15, -0.1) is 0 Å². The molecule has 1 aliphatic heterocycles. The molecule has 23 heavy (non-hydrogen) atoms. The fourth-order valence-electron chi connectivity index (χ4n) is 3.32. The van der Waals surface area contributed by atoms with Crippen LogP contribution in [-0.4, -0.2) is 37.6 Å². The van der Waals surface area contributed by atoms with Gasteiger partial charge in [-0.05, 0) is 12.8 Å². The van der Waals surface area contributed by atoms with Gasteiger partial charge in [-0.25, -0.2) is 0 Å². The second kappa shape index (κ2) is 15.4. The van der Waals surface area contributed by atoms with Crippen LogP contribution in [0.25, 0.3) is 0 Å². The molecule has 2 unspecified atom stereocenters. The minimum absolute atomic E-state index is 0.0512. The molecule has 1 rings (SSSR count). The molecule has 1 aliphatic rings. The standard InChI is InChI=1S/C20H40O3/c1-2-3-4-5-6-7-8-9-10-11-12-13-14-22-17-19-15-20(16-21)23-18-19/h19-21H,2-18H2,1H3. The lowest BCUT2D eigenvalue weighted by atomic mass is 10.1. The summed E-state index contributed by atoms with van der Waals surface area (Å²) in [6.07, 6.45) is 17.6. The highest BCUT2D eigenvalue weighted by Crippen LogP contribution is 2.19. The van der Waals surface area contributed by atoms with Crippen molar-refractivity contribution in [1.82, 2.24) is 0 Å². The Morgan fingerprint density at radius 1 is 0.870 bits per heavy atom. The largest absolute Gasteiger partial charge is 0.394 e. The SMILES string of the molecule is CCCCCCCCCCCCCCOCC1COC(CO)C1. The molecule has 138 valence electrons. The van der Waals surface area contributed by atoms with Gasteiger partial charge in [-0.3, -0.25) is 0 Å². The van der Waals surface area contributed by atoms with Crippen molar-refractivity contribution in [3.8, 4) is 0 Å². The highest BCUT2D eigenvalue weighted by molar-refractivity contribution is 4.72. The van der Waals surface area contributed by atoms with Crippen molar-refractivity contribution >= 4 is 0 Å². The molecule has 1 fully saturated rings. The Bertz CT molecular complexity index is 245. The van der Waals surface area contributed by atoms with Gasteiger partial charge >= 0.3 is 0 Å². The van der Waals surface area contributed by atoms with Gasteiger partial charge in [-0.1, -0.05) is 77.6 Å². The maximum absolute atomic E-state index is 9.01. The number of ether oxygens (including phenoxy) is 2. The van der Waals surface area contributed by atoms with E-state index in [9.17, 15) is 0 Å². The van der Waals surface area contributed by atoms with Crippen molar-refractivity contribution in [2.45, 2.75) is 96.5 Å². The first-order valence-electron chi connectivity index (χ1n) is 10.2. The predicted octanol–water partition coefficient (Wildman–Crippen LogP) is 5.10. The molecule has 0 aromatic rings. The Hall–Kier alpha value is -0.120. The summed E-state index contributed by atoms with van der Waals surface area (Å²) < 4.78 is 11.2. The molecule has 3 heteroatoms. The van der Waals surface area contributed by atoms with Crippen molar-refractivity contribution < 1.29 is 14.6 Å². The first-order chi connectivity index (χ1) is 11.4. The van der Waals surface area contributed by atoms with E-state index in [0.29, 0.717) is 5.92 Å². The first kappa shape index (κ1) is 20.9. The van der Waals surface area contributed by atoms with Crippen LogP contribution in [0.4, 0.5) is 0 Å². The highest BCUT2D eigenvalue weighted by Gasteiger charge is 2.24. The third-order valence-electron chi connectivity index (χ3n) is 4.86. The van der Waals surface area contributed by atoms with Crippen LogP contribution in [0.3, 0.4) is 0 Å². The van der Waals surface area contributed by atoms with E-state index in [4.69, 9.17) is 14.6 Å². The third kappa shape index (κ3) is 12.0. The number of aliphatic hydroxyl groups is 1. The topological polar surface area (TPSA) is 38.7 Å². The zero-order valence-corrected chi connectivity index (χ0v) is 15.4. The predicted molar refractivity (Wildman–Crippen MR) is 96.8 cm³/mol. The van der Waals surface area contributed by atoms with Crippen LogP contribution in [0.5, 0.6) is 0 Å². The Kier molecular flexibility index (Phi) is 14.0. The average molecular weight is 329 g/mol. The molecule has 0 aromatic heterocycles. The van der Waals surface area contributed by atoms with Gasteiger partial charge in [0.2, 0.25) is 0 Å². The average Bonchev–Trinajstić information content (AvgIpc) is 3.03. The molecule has 1 heterocycles. The van der Waals surface area contributed by atoms with Gasteiger partial charge in [0.25, 0.3) is 0 Å². The summed E-state index contributed by atoms with van der Waals surface area (Å²) in [5.41, 5.74) is 0. The lowest BCUT2D eigenvalue weighted by molar-refractivity contribution is 0.0508. The molecule has 0 saturated carbocycles. The van der Waals surface area contributed by atoms with Crippen molar-refractivity contribution in [3.63, 3.8) is 0 Å². The van der Waals surface area contributed by atoms with Gasteiger partial charge in [0, 0.05) is 12.5 Å². The molecular weight excluding hydrogens is 288 g/mol. The van der Waals surface area contributed by atoms with Crippen LogP contribution >= 0.6 is 0 Å². The summed E-state index contributed by atoms with van der Waals surface area (Å²) in [4.78, 5) is 0. The van der Waals surface area contributed by atoms with Crippen molar-refractivity contribution in [2.24, 2.45) is 5.92 Å². The Labute approximate surface area is 144 Å². The second-order valence-electron chi connectivity index (χ2n) is 7.20. The lowest BCUT2D eigenvalue weighted by Gasteiger charge is -2.09. The van der Waals surface area contributed by atoms with Crippen LogP contribution in [-0.2, 0) is 9.47 Å². The van der Waals surface area contributed by atoms with Gasteiger partial charge in [0.15, 0.2) is 0 Å². The molecular formula is C20H40O3. The van der Waals surface area contributed by atoms with E-state index in [-0.39, 0.29) is 12.7 Å². The lowest BCUT2D eigenvalue weighted by Crippen LogP contribution is -2.12. The van der Waals surface area contributed by atoms with E-state index in [1.54, 1.807) is 0 Å². The molecule has 0 aliphatic carbocycles. The number of hydrogen-bond acceptors (Lipinski definition) is 3. The molecule has 1 N–H and O–H groups in total. The Morgan fingerprint density at radius 2 is 1.43 bits per heavy atom. The van der Waals surface area contributed by atoms with Gasteiger partial charge in [0.05, 0.1) is 25.9 Å². The number of rotatable bonds is 16. The van der Waals surface area contributed by atoms with E-state index in [1.807, 2.05) is 0 Å². The molecule has 0 radical (unpaired) electrons. The highest BCUT2D eigenvalue weighted by atomic mass is 16.5. The number of aliphatic hydroxyl groups excluding tert-OH is 1. The summed E-state index contributed by atoms with van der Waals surface area (Å²) in [7, 11) is 0. The first-order valence-corrected chi connectivity index (χ1v) is 10.2. The summed E-state index contributed by atoms with van der Waals surface area (Å²) in [5.74, 6) is 0.490. The Morgan fingerprint density at radius 3 is 1.96 bits per heavy atom. The van der Waals surface area contributed by atoms with E-state index in [1.165, 1.54) is 77.0 Å². The molecule has 3 nitrogen and oxygen atoms in total. The molecule has 1 saturated heterocycles. The minimum Gasteiger partial charge on any atom is -0.394 e. The number of hydrogen-bond donors (Lipinski definition) is 1. The maximum Gasteiger partial charge on any atom is 0.0810 e. The van der Waals surface area contributed by atoms with E-state index >= 15 is 0 Å². The zero-order valence-electron chi connectivity index (χ0n) is 15.4. The maximum atomic E-state index is 9.01. The summed E-state index contributed by atoms with van der Waals surface area (Å²) >= 11 is 0. The quantitative estimate of drug-likeness (QED) is 0.401. The van der Waals surface area contributed by atoms with Gasteiger partial charge in [-0.2, -0.15) is 0 Å². The molecule has 0 bridgehead atoms. The fraction of sp³-hybridized carbons (Fsp3) is 1.00. The van der Waals surface area contributed by atoms with Crippen LogP contribution in [0.1, 0.15) is 90.4 Å². The minimum atomic E-state index is 0.0512. The van der Waals surface area contributed by atoms with Crippen molar-refractivity contribution in [2.75, 3.05) is 26.4 Å². The summed E-state index contributed by atoms with van der Waals surface area (Å²) in [5, 5.41) is 9.01. The van der Waals surface area contributed by atoms with Crippen molar-refractivity contribution in [3.05, 3.63) is 0 Å². The fourth-order valence-corrected chi connectivity index (χ4v) is 3.32. The monoisotopic (exact) mass is 328 g/mol. The molecule has 0 amide bonds. The third-order valence-corrected chi connectivity index (χ3v) is 4.86. The van der Waals surface area contributed by atoms with Crippen LogP contribution in [0.2, 0.25) is 0 Å². The summed E-state index contributed by atoms with van der Waals surface area (Å²) in [6.45, 7) is 4.87. The molecule has 0 spiro atoms. The van der Waals surface area contributed by atoms with Gasteiger partial charge in [0.1, 0.15) is 0 Å².